The summed E-state index contributed by atoms with van der Waals surface area (Å²) in [5, 5.41) is 13.9. The van der Waals surface area contributed by atoms with Gasteiger partial charge in [0.1, 0.15) is 12.4 Å². The Morgan fingerprint density at radius 3 is 2.36 bits per heavy atom. The van der Waals surface area contributed by atoms with Gasteiger partial charge in [-0.05, 0) is 33.7 Å². The van der Waals surface area contributed by atoms with Gasteiger partial charge in [-0.2, -0.15) is 0 Å². The summed E-state index contributed by atoms with van der Waals surface area (Å²) in [5.41, 5.74) is 2.64. The predicted molar refractivity (Wildman–Crippen MR) is 104 cm³/mol. The van der Waals surface area contributed by atoms with Crippen molar-refractivity contribution >= 4 is 11.8 Å². The molecule has 0 aliphatic carbocycles. The van der Waals surface area contributed by atoms with Crippen LogP contribution in [0.5, 0.6) is 0 Å². The van der Waals surface area contributed by atoms with Gasteiger partial charge in [-0.3, -0.25) is 9.59 Å². The average Bonchev–Trinajstić information content (AvgIpc) is 3.23. The Morgan fingerprint density at radius 2 is 1.75 bits per heavy atom. The van der Waals surface area contributed by atoms with Crippen LogP contribution in [-0.4, -0.2) is 57.1 Å². The van der Waals surface area contributed by atoms with E-state index in [1.54, 1.807) is 14.1 Å². The summed E-state index contributed by atoms with van der Waals surface area (Å²) in [6.07, 6.45) is 2.13. The van der Waals surface area contributed by atoms with Crippen molar-refractivity contribution in [2.45, 2.75) is 18.9 Å². The van der Waals surface area contributed by atoms with E-state index >= 15 is 0 Å². The molecule has 8 heteroatoms. The molecule has 1 aromatic heterocycles. The van der Waals surface area contributed by atoms with Gasteiger partial charge in [-0.15, -0.1) is 5.10 Å². The quantitative estimate of drug-likeness (QED) is 0.663. The first kappa shape index (κ1) is 19.2. The zero-order chi connectivity index (χ0) is 19.9. The number of rotatable bonds is 7. The van der Waals surface area contributed by atoms with Crippen LogP contribution in [0.1, 0.15) is 11.1 Å². The minimum Gasteiger partial charge on any atom is -0.347 e. The summed E-state index contributed by atoms with van der Waals surface area (Å²) in [7, 11) is 3.37. The molecule has 0 radical (unpaired) electrons. The maximum atomic E-state index is 12.5. The maximum Gasteiger partial charge on any atom is 0.244 e. The van der Waals surface area contributed by atoms with Crippen LogP contribution in [0.4, 0.5) is 0 Å². The highest BCUT2D eigenvalue weighted by Gasteiger charge is 2.22. The van der Waals surface area contributed by atoms with Crippen LogP contribution in [0.15, 0.2) is 60.9 Å². The monoisotopic (exact) mass is 378 g/mol. The van der Waals surface area contributed by atoms with Crippen molar-refractivity contribution in [2.24, 2.45) is 0 Å². The molecule has 0 saturated heterocycles. The number of hydrogen-bond donors (Lipinski definition) is 1. The topological polar surface area (TPSA) is 93.0 Å². The lowest BCUT2D eigenvalue weighted by molar-refractivity contribution is -0.134. The Morgan fingerprint density at radius 1 is 1.04 bits per heavy atom. The van der Waals surface area contributed by atoms with Crippen LogP contribution >= 0.6 is 0 Å². The number of hydrogen-bond acceptors (Lipinski definition) is 5. The molecule has 0 spiro atoms. The predicted octanol–water partition coefficient (Wildman–Crippen LogP) is 1.02. The number of nitrogens with one attached hydrogen (secondary N) is 1. The Bertz CT molecular complexity index is 908. The molecule has 1 heterocycles. The van der Waals surface area contributed by atoms with Gasteiger partial charge >= 0.3 is 0 Å². The standard InChI is InChI=1S/C20H22N6O2/c1-25(2)20(28)18(12-15-6-4-3-5-7-15)22-19(27)13-16-8-10-17(11-9-16)26-14-21-23-24-26/h3-11,14,18H,12-13H2,1-2H3,(H,22,27). The molecule has 3 aromatic rings. The van der Waals surface area contributed by atoms with Gasteiger partial charge in [0, 0.05) is 20.5 Å². The average molecular weight is 378 g/mol. The second-order valence-electron chi connectivity index (χ2n) is 6.64. The minimum absolute atomic E-state index is 0.133. The van der Waals surface area contributed by atoms with E-state index in [4.69, 9.17) is 0 Å². The van der Waals surface area contributed by atoms with Crippen LogP contribution in [-0.2, 0) is 22.4 Å². The van der Waals surface area contributed by atoms with E-state index < -0.39 is 6.04 Å². The molecule has 0 bridgehead atoms. The van der Waals surface area contributed by atoms with Crippen LogP contribution in [0.25, 0.3) is 5.69 Å². The normalized spacial score (nSPS) is 11.6. The molecule has 28 heavy (non-hydrogen) atoms. The van der Waals surface area contributed by atoms with Crippen LogP contribution in [0, 0.1) is 0 Å². The third-order valence-electron chi connectivity index (χ3n) is 4.27. The van der Waals surface area contributed by atoms with Crippen molar-refractivity contribution in [3.05, 3.63) is 72.1 Å². The summed E-state index contributed by atoms with van der Waals surface area (Å²) < 4.78 is 1.54. The molecule has 1 unspecified atom stereocenters. The van der Waals surface area contributed by atoms with Gasteiger partial charge < -0.3 is 10.2 Å². The third kappa shape index (κ3) is 5.00. The van der Waals surface area contributed by atoms with E-state index in [1.807, 2.05) is 54.6 Å². The molecule has 1 atom stereocenters. The lowest BCUT2D eigenvalue weighted by Gasteiger charge is -2.22. The summed E-state index contributed by atoms with van der Waals surface area (Å²) in [6.45, 7) is 0. The van der Waals surface area contributed by atoms with Gasteiger partial charge in [0.2, 0.25) is 11.8 Å². The van der Waals surface area contributed by atoms with Crippen molar-refractivity contribution in [1.82, 2.24) is 30.4 Å². The van der Waals surface area contributed by atoms with Crippen molar-refractivity contribution in [1.29, 1.82) is 0 Å². The molecule has 1 N–H and O–H groups in total. The summed E-state index contributed by atoms with van der Waals surface area (Å²) in [4.78, 5) is 26.5. The summed E-state index contributed by atoms with van der Waals surface area (Å²) in [5.74, 6) is -0.336. The largest absolute Gasteiger partial charge is 0.347 e. The fourth-order valence-corrected chi connectivity index (χ4v) is 2.84. The fourth-order valence-electron chi connectivity index (χ4n) is 2.84. The van der Waals surface area contributed by atoms with Gasteiger partial charge in [0.05, 0.1) is 12.1 Å². The maximum absolute atomic E-state index is 12.5. The first-order valence-electron chi connectivity index (χ1n) is 8.89. The molecule has 8 nitrogen and oxygen atoms in total. The molecule has 2 amide bonds. The molecule has 0 aliphatic rings. The Hall–Kier alpha value is -3.55. The van der Waals surface area contributed by atoms with Crippen molar-refractivity contribution in [3.8, 4) is 5.69 Å². The highest BCUT2D eigenvalue weighted by molar-refractivity contribution is 5.88. The van der Waals surface area contributed by atoms with E-state index in [2.05, 4.69) is 20.8 Å². The van der Waals surface area contributed by atoms with Gasteiger partial charge in [-0.25, -0.2) is 4.68 Å². The number of likely N-dealkylation sites (N-methyl/N-ethyl adjacent to an activating group) is 1. The van der Waals surface area contributed by atoms with Crippen LogP contribution in [0.3, 0.4) is 0 Å². The number of carbonyl (C=O) groups is 2. The van der Waals surface area contributed by atoms with E-state index in [-0.39, 0.29) is 18.2 Å². The Labute approximate surface area is 163 Å². The van der Waals surface area contributed by atoms with E-state index in [9.17, 15) is 9.59 Å². The van der Waals surface area contributed by atoms with Crippen LogP contribution < -0.4 is 5.32 Å². The Balaban J connectivity index is 1.65. The van der Waals surface area contributed by atoms with E-state index in [0.717, 1.165) is 16.8 Å². The lowest BCUT2D eigenvalue weighted by Crippen LogP contribution is -2.48. The molecule has 3 rings (SSSR count). The first-order chi connectivity index (χ1) is 13.5. The van der Waals surface area contributed by atoms with Gasteiger partial charge in [0.15, 0.2) is 0 Å². The van der Waals surface area contributed by atoms with Gasteiger partial charge in [-0.1, -0.05) is 42.5 Å². The smallest absolute Gasteiger partial charge is 0.244 e. The number of aromatic nitrogens is 4. The number of benzene rings is 2. The van der Waals surface area contributed by atoms with Gasteiger partial charge in [0.25, 0.3) is 0 Å². The number of carbonyl (C=O) groups excluding carboxylic acids is 2. The number of tetrazole rings is 1. The van der Waals surface area contributed by atoms with E-state index in [0.29, 0.717) is 6.42 Å². The summed E-state index contributed by atoms with van der Waals surface area (Å²) >= 11 is 0. The molecule has 0 fully saturated rings. The SMILES string of the molecule is CN(C)C(=O)C(Cc1ccccc1)NC(=O)Cc1ccc(-n2cnnn2)cc1. The zero-order valence-electron chi connectivity index (χ0n) is 15.8. The molecular formula is C20H22N6O2. The van der Waals surface area contributed by atoms with Crippen LogP contribution in [0.2, 0.25) is 0 Å². The van der Waals surface area contributed by atoms with Crippen molar-refractivity contribution in [2.75, 3.05) is 14.1 Å². The minimum atomic E-state index is -0.606. The molecule has 144 valence electrons. The highest BCUT2D eigenvalue weighted by Crippen LogP contribution is 2.09. The molecule has 0 aliphatic heterocycles. The third-order valence-corrected chi connectivity index (χ3v) is 4.27. The molecule has 0 saturated carbocycles. The second-order valence-corrected chi connectivity index (χ2v) is 6.64. The second kappa shape index (κ2) is 8.90. The number of nitrogens with zero attached hydrogens (tertiary/aromatic N) is 5. The zero-order valence-corrected chi connectivity index (χ0v) is 15.8. The van der Waals surface area contributed by atoms with Crippen molar-refractivity contribution in [3.63, 3.8) is 0 Å². The number of amides is 2. The Kier molecular flexibility index (Phi) is 6.11. The van der Waals surface area contributed by atoms with E-state index in [1.165, 1.54) is 15.9 Å². The van der Waals surface area contributed by atoms with Crippen molar-refractivity contribution < 1.29 is 9.59 Å². The summed E-state index contributed by atoms with van der Waals surface area (Å²) in [6, 6.07) is 16.4. The highest BCUT2D eigenvalue weighted by atomic mass is 16.2. The lowest BCUT2D eigenvalue weighted by atomic mass is 10.0. The molecular weight excluding hydrogens is 356 g/mol. The fraction of sp³-hybridized carbons (Fsp3) is 0.250. The first-order valence-corrected chi connectivity index (χ1v) is 8.89. The molecule has 2 aromatic carbocycles.